The highest BCUT2D eigenvalue weighted by atomic mass is 32.2. The van der Waals surface area contributed by atoms with E-state index in [1.54, 1.807) is 6.92 Å². The van der Waals surface area contributed by atoms with Gasteiger partial charge in [-0.2, -0.15) is 0 Å². The molecule has 21 heavy (non-hydrogen) atoms. The highest BCUT2D eigenvalue weighted by molar-refractivity contribution is 7.89. The molecule has 0 aliphatic carbocycles. The van der Waals surface area contributed by atoms with Crippen molar-refractivity contribution >= 4 is 15.7 Å². The fourth-order valence-corrected chi connectivity index (χ4v) is 3.46. The summed E-state index contributed by atoms with van der Waals surface area (Å²) < 4.78 is 25.5. The minimum atomic E-state index is -3.08. The monoisotopic (exact) mass is 310 g/mol. The quantitative estimate of drug-likeness (QED) is 0.841. The van der Waals surface area contributed by atoms with Gasteiger partial charge in [0.1, 0.15) is 0 Å². The first-order valence-electron chi connectivity index (χ1n) is 7.90. The zero-order chi connectivity index (χ0) is 15.3. The summed E-state index contributed by atoms with van der Waals surface area (Å²) in [5.74, 6) is 0.142. The van der Waals surface area contributed by atoms with Crippen LogP contribution in [0.2, 0.25) is 0 Å². The van der Waals surface area contributed by atoms with Gasteiger partial charge < -0.3 is 4.90 Å². The lowest BCUT2D eigenvalue weighted by Gasteiger charge is -2.31. The van der Waals surface area contributed by atoms with Crippen molar-refractivity contribution in [3.05, 3.63) is 29.3 Å². The maximum Gasteiger partial charge on any atom is 0.211 e. The Morgan fingerprint density at radius 1 is 1.29 bits per heavy atom. The molecule has 0 radical (unpaired) electrons. The third-order valence-corrected chi connectivity index (χ3v) is 5.37. The molecule has 5 heteroatoms. The fraction of sp³-hybridized carbons (Fsp3) is 0.625. The summed E-state index contributed by atoms with van der Waals surface area (Å²) in [6.07, 6.45) is 4.25. The van der Waals surface area contributed by atoms with Crippen LogP contribution >= 0.6 is 0 Å². The van der Waals surface area contributed by atoms with Gasteiger partial charge in [-0.3, -0.25) is 0 Å². The molecule has 0 saturated carbocycles. The van der Waals surface area contributed by atoms with Crippen LogP contribution in [0.1, 0.15) is 37.8 Å². The van der Waals surface area contributed by atoms with Crippen molar-refractivity contribution in [1.29, 1.82) is 0 Å². The van der Waals surface area contributed by atoms with Crippen LogP contribution in [0.5, 0.6) is 0 Å². The summed E-state index contributed by atoms with van der Waals surface area (Å²) in [6.45, 7) is 6.61. The van der Waals surface area contributed by atoms with Crippen molar-refractivity contribution in [2.75, 3.05) is 30.3 Å². The Morgan fingerprint density at radius 2 is 2.10 bits per heavy atom. The van der Waals surface area contributed by atoms with E-state index < -0.39 is 10.0 Å². The van der Waals surface area contributed by atoms with E-state index >= 15 is 0 Å². The second-order valence-corrected chi connectivity index (χ2v) is 7.70. The molecule has 0 saturated heterocycles. The maximum atomic E-state index is 11.4. The smallest absolute Gasteiger partial charge is 0.211 e. The molecule has 0 unspecified atom stereocenters. The van der Waals surface area contributed by atoms with Crippen molar-refractivity contribution in [3.63, 3.8) is 0 Å². The van der Waals surface area contributed by atoms with Crippen LogP contribution in [0.25, 0.3) is 0 Å². The summed E-state index contributed by atoms with van der Waals surface area (Å²) in [5.41, 5.74) is 3.98. The minimum Gasteiger partial charge on any atom is -0.371 e. The number of benzene rings is 1. The molecular formula is C16H26N2O2S. The van der Waals surface area contributed by atoms with Crippen molar-refractivity contribution in [2.45, 2.75) is 39.5 Å². The number of hydrogen-bond donors (Lipinski definition) is 1. The van der Waals surface area contributed by atoms with Gasteiger partial charge >= 0.3 is 0 Å². The topological polar surface area (TPSA) is 49.4 Å². The molecule has 1 aromatic rings. The van der Waals surface area contributed by atoms with Crippen molar-refractivity contribution in [3.8, 4) is 0 Å². The second-order valence-electron chi connectivity index (χ2n) is 5.60. The Bertz CT molecular complexity index is 570. The van der Waals surface area contributed by atoms with E-state index in [0.29, 0.717) is 6.54 Å². The van der Waals surface area contributed by atoms with Gasteiger partial charge in [0.25, 0.3) is 0 Å². The van der Waals surface area contributed by atoms with Gasteiger partial charge in [0.2, 0.25) is 10.0 Å². The largest absolute Gasteiger partial charge is 0.371 e. The van der Waals surface area contributed by atoms with Crippen LogP contribution < -0.4 is 9.62 Å². The molecule has 0 fully saturated rings. The van der Waals surface area contributed by atoms with Gasteiger partial charge in [-0.1, -0.05) is 19.1 Å². The summed E-state index contributed by atoms with van der Waals surface area (Å²) >= 11 is 0. The molecule has 0 spiro atoms. The van der Waals surface area contributed by atoms with Gasteiger partial charge in [0.15, 0.2) is 0 Å². The van der Waals surface area contributed by atoms with Crippen LogP contribution in [0, 0.1) is 0 Å². The first kappa shape index (κ1) is 16.3. The van der Waals surface area contributed by atoms with E-state index in [1.165, 1.54) is 29.7 Å². The van der Waals surface area contributed by atoms with Gasteiger partial charge in [-0.05, 0) is 49.8 Å². The van der Waals surface area contributed by atoms with E-state index in [4.69, 9.17) is 0 Å². The molecule has 1 aliphatic rings. The van der Waals surface area contributed by atoms with E-state index in [9.17, 15) is 8.42 Å². The molecule has 0 aromatic heterocycles. The molecule has 1 N–H and O–H groups in total. The van der Waals surface area contributed by atoms with Crippen molar-refractivity contribution in [1.82, 2.24) is 4.72 Å². The zero-order valence-corrected chi connectivity index (χ0v) is 13.9. The molecule has 2 rings (SSSR count). The number of anilines is 1. The molecule has 1 aromatic carbocycles. The van der Waals surface area contributed by atoms with Gasteiger partial charge in [0.05, 0.1) is 5.75 Å². The Hall–Kier alpha value is -1.07. The van der Waals surface area contributed by atoms with Crippen LogP contribution in [-0.4, -0.2) is 33.8 Å². The number of sulfonamides is 1. The molecule has 118 valence electrons. The van der Waals surface area contributed by atoms with Crippen LogP contribution in [0.15, 0.2) is 18.2 Å². The Balaban J connectivity index is 2.01. The number of fused-ring (bicyclic) bond motifs is 1. The Kier molecular flexibility index (Phi) is 5.65. The Morgan fingerprint density at radius 3 is 2.81 bits per heavy atom. The number of rotatable bonds is 7. The molecule has 0 amide bonds. The maximum absolute atomic E-state index is 11.4. The van der Waals surface area contributed by atoms with Gasteiger partial charge in [-0.25, -0.2) is 13.1 Å². The third kappa shape index (κ3) is 4.45. The van der Waals surface area contributed by atoms with E-state index in [1.807, 2.05) is 0 Å². The van der Waals surface area contributed by atoms with E-state index in [0.717, 1.165) is 25.9 Å². The van der Waals surface area contributed by atoms with Crippen LogP contribution in [0.4, 0.5) is 5.69 Å². The lowest BCUT2D eigenvalue weighted by Crippen LogP contribution is -2.30. The first-order chi connectivity index (χ1) is 10.1. The number of aryl methyl sites for hydroxylation is 1. The molecule has 1 aliphatic heterocycles. The minimum absolute atomic E-state index is 0.142. The first-order valence-corrected chi connectivity index (χ1v) is 9.55. The van der Waals surface area contributed by atoms with Crippen molar-refractivity contribution in [2.24, 2.45) is 0 Å². The average Bonchev–Trinajstić information content (AvgIpc) is 2.47. The predicted octanol–water partition coefficient (Wildman–Crippen LogP) is 2.33. The molecule has 0 bridgehead atoms. The average molecular weight is 310 g/mol. The number of nitrogens with zero attached hydrogens (tertiary/aromatic N) is 1. The SMILES string of the molecule is CCCN1CCCc2cc(CCNS(=O)(=O)CC)ccc21. The fourth-order valence-electron chi connectivity index (χ4n) is 2.84. The van der Waals surface area contributed by atoms with Crippen LogP contribution in [-0.2, 0) is 22.9 Å². The third-order valence-electron chi connectivity index (χ3n) is 3.97. The summed E-state index contributed by atoms with van der Waals surface area (Å²) in [7, 11) is -3.08. The van der Waals surface area contributed by atoms with E-state index in [-0.39, 0.29) is 5.75 Å². The Labute approximate surface area is 128 Å². The molecule has 4 nitrogen and oxygen atoms in total. The predicted molar refractivity (Wildman–Crippen MR) is 88.4 cm³/mol. The molecular weight excluding hydrogens is 284 g/mol. The lowest BCUT2D eigenvalue weighted by molar-refractivity contribution is 0.583. The highest BCUT2D eigenvalue weighted by Gasteiger charge is 2.16. The zero-order valence-electron chi connectivity index (χ0n) is 13.1. The summed E-state index contributed by atoms with van der Waals surface area (Å²) in [4.78, 5) is 2.46. The normalized spacial score (nSPS) is 15.0. The number of hydrogen-bond acceptors (Lipinski definition) is 3. The molecule has 0 atom stereocenters. The number of nitrogens with one attached hydrogen (secondary N) is 1. The van der Waals surface area contributed by atoms with Gasteiger partial charge in [0, 0.05) is 25.3 Å². The highest BCUT2D eigenvalue weighted by Crippen LogP contribution is 2.28. The summed E-state index contributed by atoms with van der Waals surface area (Å²) in [5, 5.41) is 0. The summed E-state index contributed by atoms with van der Waals surface area (Å²) in [6, 6.07) is 6.58. The van der Waals surface area contributed by atoms with Gasteiger partial charge in [-0.15, -0.1) is 0 Å². The van der Waals surface area contributed by atoms with E-state index in [2.05, 4.69) is 34.7 Å². The standard InChI is InChI=1S/C16H26N2O2S/c1-3-11-18-12-5-6-15-13-14(7-8-16(15)18)9-10-17-21(19,20)4-2/h7-8,13,17H,3-6,9-12H2,1-2H3. The second kappa shape index (κ2) is 7.27. The lowest BCUT2D eigenvalue weighted by atomic mass is 9.98. The molecule has 1 heterocycles. The van der Waals surface area contributed by atoms with Crippen molar-refractivity contribution < 1.29 is 8.42 Å². The van der Waals surface area contributed by atoms with Crippen LogP contribution in [0.3, 0.4) is 0 Å².